The van der Waals surface area contributed by atoms with Crippen molar-refractivity contribution < 1.29 is 13.3 Å². The molecule has 2 fully saturated rings. The molecule has 1 aromatic carbocycles. The molecule has 8 heteroatoms. The van der Waals surface area contributed by atoms with Crippen LogP contribution in [-0.2, 0) is 9.84 Å². The average molecular weight is 339 g/mol. The monoisotopic (exact) mass is 339 g/mol. The number of hydrogen-bond acceptors (Lipinski definition) is 6. The van der Waals surface area contributed by atoms with Gasteiger partial charge in [0.05, 0.1) is 4.92 Å². The first kappa shape index (κ1) is 16.2. The molecule has 0 aliphatic carbocycles. The van der Waals surface area contributed by atoms with E-state index in [1.165, 1.54) is 18.9 Å². The van der Waals surface area contributed by atoms with E-state index < -0.39 is 14.8 Å². The van der Waals surface area contributed by atoms with Crippen LogP contribution in [0.15, 0.2) is 23.1 Å². The molecule has 0 radical (unpaired) electrons. The maximum absolute atomic E-state index is 11.9. The van der Waals surface area contributed by atoms with Gasteiger partial charge in [0, 0.05) is 31.9 Å². The van der Waals surface area contributed by atoms with Crippen molar-refractivity contribution in [3.05, 3.63) is 28.3 Å². The number of fused-ring (bicyclic) bond motifs is 1. The van der Waals surface area contributed by atoms with E-state index in [0.29, 0.717) is 24.8 Å². The van der Waals surface area contributed by atoms with Crippen molar-refractivity contribution in [2.45, 2.75) is 30.2 Å². The summed E-state index contributed by atoms with van der Waals surface area (Å²) < 4.78 is 23.8. The third-order valence-electron chi connectivity index (χ3n) is 4.74. The fraction of sp³-hybridized carbons (Fsp3) is 0.600. The second-order valence-electron chi connectivity index (χ2n) is 6.28. The number of hydrogen-bond donors (Lipinski definition) is 0. The molecule has 7 nitrogen and oxygen atoms in total. The Kier molecular flexibility index (Phi) is 4.29. The normalized spacial score (nSPS) is 22.7. The van der Waals surface area contributed by atoms with Gasteiger partial charge >= 0.3 is 5.69 Å². The zero-order chi connectivity index (χ0) is 16.6. The Morgan fingerprint density at radius 1 is 1.22 bits per heavy atom. The lowest BCUT2D eigenvalue weighted by atomic mass is 9.99. The first-order chi connectivity index (χ1) is 10.9. The Hall–Kier alpha value is -1.67. The van der Waals surface area contributed by atoms with Gasteiger partial charge in [0.2, 0.25) is 0 Å². The van der Waals surface area contributed by atoms with Gasteiger partial charge in [-0.15, -0.1) is 0 Å². The van der Waals surface area contributed by atoms with Crippen LogP contribution in [0.1, 0.15) is 19.3 Å². The summed E-state index contributed by atoms with van der Waals surface area (Å²) in [5.41, 5.74) is 0.127. The number of nitro groups is 1. The topological polar surface area (TPSA) is 83.8 Å². The van der Waals surface area contributed by atoms with Gasteiger partial charge in [0.15, 0.2) is 9.84 Å². The minimum Gasteiger partial charge on any atom is -0.363 e. The average Bonchev–Trinajstić information content (AvgIpc) is 2.52. The van der Waals surface area contributed by atoms with E-state index >= 15 is 0 Å². The minimum absolute atomic E-state index is 0.203. The van der Waals surface area contributed by atoms with E-state index in [9.17, 15) is 18.5 Å². The summed E-state index contributed by atoms with van der Waals surface area (Å²) in [5.74, 6) is 0. The van der Waals surface area contributed by atoms with Crippen LogP contribution < -0.4 is 4.90 Å². The lowest BCUT2D eigenvalue weighted by Crippen LogP contribution is -2.55. The lowest BCUT2D eigenvalue weighted by Gasteiger charge is -2.44. The van der Waals surface area contributed by atoms with Crippen LogP contribution in [-0.4, -0.2) is 56.7 Å². The van der Waals surface area contributed by atoms with Crippen LogP contribution >= 0.6 is 0 Å². The van der Waals surface area contributed by atoms with Crippen LogP contribution in [0.5, 0.6) is 0 Å². The van der Waals surface area contributed by atoms with E-state index in [-0.39, 0.29) is 10.6 Å². The number of sulfone groups is 1. The summed E-state index contributed by atoms with van der Waals surface area (Å²) in [7, 11) is -3.64. The zero-order valence-electron chi connectivity index (χ0n) is 13.1. The molecule has 0 N–H and O–H groups in total. The van der Waals surface area contributed by atoms with Crippen LogP contribution in [0.2, 0.25) is 0 Å². The van der Waals surface area contributed by atoms with Gasteiger partial charge in [-0.3, -0.25) is 15.0 Å². The fourth-order valence-corrected chi connectivity index (χ4v) is 4.48. The highest BCUT2D eigenvalue weighted by molar-refractivity contribution is 7.90. The van der Waals surface area contributed by atoms with Crippen molar-refractivity contribution in [2.24, 2.45) is 0 Å². The van der Waals surface area contributed by atoms with Gasteiger partial charge in [0.1, 0.15) is 10.6 Å². The van der Waals surface area contributed by atoms with Crippen LogP contribution in [0.4, 0.5) is 11.4 Å². The van der Waals surface area contributed by atoms with Crippen molar-refractivity contribution in [1.82, 2.24) is 4.90 Å². The maximum Gasteiger partial charge on any atom is 0.311 e. The maximum atomic E-state index is 11.9. The number of nitro benzene ring substituents is 1. The number of benzene rings is 1. The van der Waals surface area contributed by atoms with Gasteiger partial charge in [0.25, 0.3) is 0 Å². The van der Waals surface area contributed by atoms with Gasteiger partial charge in [-0.1, -0.05) is 12.5 Å². The number of nitrogens with zero attached hydrogens (tertiary/aromatic N) is 3. The highest BCUT2D eigenvalue weighted by Crippen LogP contribution is 2.36. The van der Waals surface area contributed by atoms with E-state index in [2.05, 4.69) is 4.90 Å². The molecular formula is C15H21N3O4S. The molecule has 126 valence electrons. The molecular weight excluding hydrogens is 318 g/mol. The zero-order valence-corrected chi connectivity index (χ0v) is 14.0. The molecule has 1 atom stereocenters. The van der Waals surface area contributed by atoms with E-state index in [0.717, 1.165) is 25.8 Å². The van der Waals surface area contributed by atoms with Gasteiger partial charge in [-0.2, -0.15) is 0 Å². The summed E-state index contributed by atoms with van der Waals surface area (Å²) >= 11 is 0. The standard InChI is InChI=1S/C15H21N3O4S/c1-23(21,22)14-7-4-6-13(15(14)18(19)20)17-10-9-16-8-3-2-5-12(16)11-17/h4,6-7,12H,2-3,5,8-11H2,1H3. The van der Waals surface area contributed by atoms with E-state index in [1.807, 2.05) is 4.90 Å². The molecule has 2 aliphatic heterocycles. The first-order valence-electron chi connectivity index (χ1n) is 7.84. The van der Waals surface area contributed by atoms with Gasteiger partial charge < -0.3 is 4.90 Å². The number of rotatable bonds is 3. The van der Waals surface area contributed by atoms with E-state index in [1.54, 1.807) is 12.1 Å². The molecule has 0 spiro atoms. The molecule has 0 bridgehead atoms. The van der Waals surface area contributed by atoms with Crippen molar-refractivity contribution in [2.75, 3.05) is 37.3 Å². The van der Waals surface area contributed by atoms with Crippen molar-refractivity contribution >= 4 is 21.2 Å². The molecule has 0 aromatic heterocycles. The Morgan fingerprint density at radius 2 is 2.00 bits per heavy atom. The molecule has 2 heterocycles. The number of para-hydroxylation sites is 1. The second-order valence-corrected chi connectivity index (χ2v) is 8.27. The predicted molar refractivity (Wildman–Crippen MR) is 87.6 cm³/mol. The molecule has 3 rings (SSSR count). The summed E-state index contributed by atoms with van der Waals surface area (Å²) in [6.07, 6.45) is 4.49. The Balaban J connectivity index is 1.98. The first-order valence-corrected chi connectivity index (χ1v) is 9.73. The summed E-state index contributed by atoms with van der Waals surface area (Å²) in [4.78, 5) is 15.2. The highest BCUT2D eigenvalue weighted by atomic mass is 32.2. The molecule has 0 amide bonds. The predicted octanol–water partition coefficient (Wildman–Crippen LogP) is 1.67. The molecule has 0 saturated carbocycles. The third-order valence-corrected chi connectivity index (χ3v) is 5.87. The van der Waals surface area contributed by atoms with Gasteiger partial charge in [-0.05, 0) is 31.5 Å². The molecule has 1 unspecified atom stereocenters. The van der Waals surface area contributed by atoms with Crippen molar-refractivity contribution in [3.8, 4) is 0 Å². The summed E-state index contributed by atoms with van der Waals surface area (Å²) in [6.45, 7) is 3.35. The summed E-state index contributed by atoms with van der Waals surface area (Å²) in [5, 5.41) is 11.5. The molecule has 23 heavy (non-hydrogen) atoms. The smallest absolute Gasteiger partial charge is 0.311 e. The number of piperidine rings is 1. The minimum atomic E-state index is -3.64. The van der Waals surface area contributed by atoms with Crippen LogP contribution in [0, 0.1) is 10.1 Å². The quantitative estimate of drug-likeness (QED) is 0.615. The van der Waals surface area contributed by atoms with E-state index in [4.69, 9.17) is 0 Å². The van der Waals surface area contributed by atoms with Crippen molar-refractivity contribution in [3.63, 3.8) is 0 Å². The SMILES string of the molecule is CS(=O)(=O)c1cccc(N2CCN3CCCCC3C2)c1[N+](=O)[O-]. The van der Waals surface area contributed by atoms with Crippen LogP contribution in [0.3, 0.4) is 0 Å². The molecule has 2 saturated heterocycles. The lowest BCUT2D eigenvalue weighted by molar-refractivity contribution is -0.387. The fourth-order valence-electron chi connectivity index (χ4n) is 3.62. The Labute approximate surface area is 136 Å². The van der Waals surface area contributed by atoms with Crippen LogP contribution in [0.25, 0.3) is 0 Å². The Morgan fingerprint density at radius 3 is 2.70 bits per heavy atom. The van der Waals surface area contributed by atoms with Crippen molar-refractivity contribution in [1.29, 1.82) is 0 Å². The van der Waals surface area contributed by atoms with Gasteiger partial charge in [-0.25, -0.2) is 8.42 Å². The summed E-state index contributed by atoms with van der Waals surface area (Å²) in [6, 6.07) is 4.96. The molecule has 1 aromatic rings. The highest BCUT2D eigenvalue weighted by Gasteiger charge is 2.34. The molecule has 2 aliphatic rings. The largest absolute Gasteiger partial charge is 0.363 e. The number of anilines is 1. The second kappa shape index (κ2) is 6.09. The third kappa shape index (κ3) is 3.18. The number of piperazine rings is 1. The Bertz CT molecular complexity index is 719.